The van der Waals surface area contributed by atoms with Crippen LogP contribution in [0, 0.1) is 11.8 Å². The molecule has 1 rings (SSSR count). The Bertz CT molecular complexity index is 232. The molecule has 2 atom stereocenters. The van der Waals surface area contributed by atoms with E-state index in [0.29, 0.717) is 12.5 Å². The highest BCUT2D eigenvalue weighted by molar-refractivity contribution is 5.79. The van der Waals surface area contributed by atoms with Crippen LogP contribution < -0.4 is 0 Å². The Hall–Kier alpha value is -0.570. The van der Waals surface area contributed by atoms with Crippen LogP contribution in [0.3, 0.4) is 0 Å². The zero-order chi connectivity index (χ0) is 11.6. The van der Waals surface area contributed by atoms with Crippen LogP contribution in [-0.2, 0) is 4.79 Å². The van der Waals surface area contributed by atoms with Gasteiger partial charge < -0.3 is 10.0 Å². The minimum Gasteiger partial charge on any atom is -0.389 e. The van der Waals surface area contributed by atoms with Gasteiger partial charge in [0.05, 0.1) is 5.60 Å². The summed E-state index contributed by atoms with van der Waals surface area (Å²) < 4.78 is 0. The molecule has 1 aliphatic carbocycles. The summed E-state index contributed by atoms with van der Waals surface area (Å²) in [6.45, 7) is 6.02. The van der Waals surface area contributed by atoms with Crippen LogP contribution in [0.25, 0.3) is 0 Å². The number of rotatable bonds is 3. The first kappa shape index (κ1) is 12.5. The zero-order valence-electron chi connectivity index (χ0n) is 10.3. The molecule has 0 radical (unpaired) electrons. The Labute approximate surface area is 92.5 Å². The van der Waals surface area contributed by atoms with Crippen molar-refractivity contribution in [2.45, 2.75) is 45.6 Å². The first-order valence-electron chi connectivity index (χ1n) is 5.78. The highest BCUT2D eigenvalue weighted by Crippen LogP contribution is 2.32. The lowest BCUT2D eigenvalue weighted by molar-refractivity contribution is -0.137. The number of nitrogens with zero attached hydrogens (tertiary/aromatic N) is 1. The average Bonchev–Trinajstić information content (AvgIpc) is 2.47. The third kappa shape index (κ3) is 3.49. The van der Waals surface area contributed by atoms with Gasteiger partial charge in [-0.15, -0.1) is 0 Å². The van der Waals surface area contributed by atoms with Crippen LogP contribution in [-0.4, -0.2) is 35.1 Å². The fourth-order valence-electron chi connectivity index (χ4n) is 2.45. The van der Waals surface area contributed by atoms with Crippen LogP contribution >= 0.6 is 0 Å². The molecule has 1 fully saturated rings. The van der Waals surface area contributed by atoms with Crippen molar-refractivity contribution in [1.29, 1.82) is 0 Å². The van der Waals surface area contributed by atoms with Gasteiger partial charge in [0.1, 0.15) is 0 Å². The summed E-state index contributed by atoms with van der Waals surface area (Å²) in [4.78, 5) is 13.7. The second-order valence-corrected chi connectivity index (χ2v) is 5.52. The summed E-state index contributed by atoms with van der Waals surface area (Å²) in [7, 11) is 1.78. The van der Waals surface area contributed by atoms with E-state index < -0.39 is 5.60 Å². The number of aliphatic hydroxyl groups is 1. The predicted molar refractivity (Wildman–Crippen MR) is 60.4 cm³/mol. The van der Waals surface area contributed by atoms with Gasteiger partial charge in [-0.1, -0.05) is 13.3 Å². The van der Waals surface area contributed by atoms with Gasteiger partial charge in [-0.2, -0.15) is 0 Å². The van der Waals surface area contributed by atoms with Gasteiger partial charge in [0.2, 0.25) is 5.91 Å². The van der Waals surface area contributed by atoms with E-state index in [0.717, 1.165) is 19.3 Å². The fourth-order valence-corrected chi connectivity index (χ4v) is 2.45. The van der Waals surface area contributed by atoms with E-state index in [4.69, 9.17) is 0 Å². The average molecular weight is 213 g/mol. The Morgan fingerprint density at radius 2 is 2.07 bits per heavy atom. The summed E-state index contributed by atoms with van der Waals surface area (Å²) >= 11 is 0. The van der Waals surface area contributed by atoms with Crippen molar-refractivity contribution < 1.29 is 9.90 Å². The molecule has 0 aromatic rings. The molecule has 0 spiro atoms. The zero-order valence-corrected chi connectivity index (χ0v) is 10.3. The quantitative estimate of drug-likeness (QED) is 0.774. The molecule has 1 saturated carbocycles. The lowest BCUT2D eigenvalue weighted by atomic mass is 9.96. The van der Waals surface area contributed by atoms with Gasteiger partial charge in [-0.25, -0.2) is 0 Å². The van der Waals surface area contributed by atoms with Crippen molar-refractivity contribution in [2.75, 3.05) is 13.6 Å². The Morgan fingerprint density at radius 1 is 1.47 bits per heavy atom. The maximum absolute atomic E-state index is 12.0. The Kier molecular flexibility index (Phi) is 3.77. The van der Waals surface area contributed by atoms with E-state index in [2.05, 4.69) is 6.92 Å². The van der Waals surface area contributed by atoms with E-state index >= 15 is 0 Å². The number of hydrogen-bond donors (Lipinski definition) is 1. The summed E-state index contributed by atoms with van der Waals surface area (Å²) in [5.74, 6) is 0.876. The van der Waals surface area contributed by atoms with Gasteiger partial charge in [0.25, 0.3) is 0 Å². The van der Waals surface area contributed by atoms with Gasteiger partial charge in [-0.3, -0.25) is 4.79 Å². The van der Waals surface area contributed by atoms with Crippen molar-refractivity contribution in [1.82, 2.24) is 4.90 Å². The van der Waals surface area contributed by atoms with Crippen LogP contribution in [0.1, 0.15) is 40.0 Å². The minimum absolute atomic E-state index is 0.178. The third-order valence-electron chi connectivity index (χ3n) is 3.18. The number of hydrogen-bond acceptors (Lipinski definition) is 2. The summed E-state index contributed by atoms with van der Waals surface area (Å²) in [6.07, 6.45) is 3.33. The van der Waals surface area contributed by atoms with Crippen molar-refractivity contribution in [3.63, 3.8) is 0 Å². The highest BCUT2D eigenvalue weighted by Gasteiger charge is 2.32. The molecule has 0 saturated heterocycles. The first-order valence-corrected chi connectivity index (χ1v) is 5.78. The lowest BCUT2D eigenvalue weighted by Crippen LogP contribution is -2.42. The van der Waals surface area contributed by atoms with Gasteiger partial charge in [0.15, 0.2) is 0 Å². The smallest absolute Gasteiger partial charge is 0.225 e. The van der Waals surface area contributed by atoms with Crippen molar-refractivity contribution in [2.24, 2.45) is 11.8 Å². The van der Waals surface area contributed by atoms with Crippen molar-refractivity contribution in [3.8, 4) is 0 Å². The van der Waals surface area contributed by atoms with Crippen molar-refractivity contribution >= 4 is 5.91 Å². The predicted octanol–water partition coefficient (Wildman–Crippen LogP) is 1.65. The monoisotopic (exact) mass is 213 g/mol. The molecule has 0 heterocycles. The number of carbonyl (C=O) groups is 1. The van der Waals surface area contributed by atoms with E-state index in [1.165, 1.54) is 0 Å². The second-order valence-electron chi connectivity index (χ2n) is 5.52. The summed E-state index contributed by atoms with van der Waals surface area (Å²) in [6, 6.07) is 0. The SMILES string of the molecule is CC1CCCC1C(=O)N(C)CC(C)(C)O. The van der Waals surface area contributed by atoms with Gasteiger partial charge in [0, 0.05) is 19.5 Å². The second kappa shape index (κ2) is 4.52. The molecular weight excluding hydrogens is 190 g/mol. The molecule has 2 unspecified atom stereocenters. The van der Waals surface area contributed by atoms with E-state index in [1.807, 2.05) is 0 Å². The molecule has 15 heavy (non-hydrogen) atoms. The minimum atomic E-state index is -0.799. The van der Waals surface area contributed by atoms with Gasteiger partial charge >= 0.3 is 0 Å². The topological polar surface area (TPSA) is 40.5 Å². The molecule has 0 aromatic carbocycles. The standard InChI is InChI=1S/C12H23NO2/c1-9-6-5-7-10(9)11(14)13(4)8-12(2,3)15/h9-10,15H,5-8H2,1-4H3. The maximum atomic E-state index is 12.0. The summed E-state index contributed by atoms with van der Waals surface area (Å²) in [5, 5.41) is 9.65. The van der Waals surface area contributed by atoms with Crippen LogP contribution in [0.2, 0.25) is 0 Å². The molecular formula is C12H23NO2. The normalized spacial score (nSPS) is 26.7. The number of amides is 1. The van der Waals surface area contributed by atoms with Crippen LogP contribution in [0.4, 0.5) is 0 Å². The Balaban J connectivity index is 2.52. The highest BCUT2D eigenvalue weighted by atomic mass is 16.3. The van der Waals surface area contributed by atoms with E-state index in [1.54, 1.807) is 25.8 Å². The molecule has 3 nitrogen and oxygen atoms in total. The van der Waals surface area contributed by atoms with E-state index in [9.17, 15) is 9.90 Å². The molecule has 1 amide bonds. The molecule has 3 heteroatoms. The fraction of sp³-hybridized carbons (Fsp3) is 0.917. The number of likely N-dealkylation sites (N-methyl/N-ethyl adjacent to an activating group) is 1. The molecule has 0 bridgehead atoms. The molecule has 0 aromatic heterocycles. The molecule has 1 N–H and O–H groups in total. The summed E-state index contributed by atoms with van der Waals surface area (Å²) in [5.41, 5.74) is -0.799. The van der Waals surface area contributed by atoms with Gasteiger partial charge in [-0.05, 0) is 32.6 Å². The van der Waals surface area contributed by atoms with Crippen LogP contribution in [0.15, 0.2) is 0 Å². The molecule has 88 valence electrons. The van der Waals surface area contributed by atoms with Crippen LogP contribution in [0.5, 0.6) is 0 Å². The maximum Gasteiger partial charge on any atom is 0.225 e. The molecule has 1 aliphatic rings. The molecule has 0 aliphatic heterocycles. The first-order chi connectivity index (χ1) is 6.81. The lowest BCUT2D eigenvalue weighted by Gasteiger charge is -2.28. The number of carbonyl (C=O) groups excluding carboxylic acids is 1. The largest absolute Gasteiger partial charge is 0.389 e. The third-order valence-corrected chi connectivity index (χ3v) is 3.18. The Morgan fingerprint density at radius 3 is 2.47 bits per heavy atom. The van der Waals surface area contributed by atoms with Crippen molar-refractivity contribution in [3.05, 3.63) is 0 Å². The van der Waals surface area contributed by atoms with E-state index in [-0.39, 0.29) is 11.8 Å².